The zero-order valence-corrected chi connectivity index (χ0v) is 15.4. The molecule has 1 aliphatic rings. The standard InChI is InChI=1S/C18H19NO3S2/c1-13-8-10-14(11-9-13)24(20,21)22-16-7-5-4-6-15(16)17-19-18(2,3)12-23-17/h4-11H,12H2,1-3H3. The minimum atomic E-state index is -3.88. The molecule has 0 saturated heterocycles. The van der Waals surface area contributed by atoms with Crippen molar-refractivity contribution in [2.45, 2.75) is 31.2 Å². The van der Waals surface area contributed by atoms with Crippen molar-refractivity contribution < 1.29 is 12.6 Å². The molecule has 3 rings (SSSR count). The van der Waals surface area contributed by atoms with E-state index in [1.54, 1.807) is 48.2 Å². The fraction of sp³-hybridized carbons (Fsp3) is 0.278. The summed E-state index contributed by atoms with van der Waals surface area (Å²) in [5.74, 6) is 1.17. The fourth-order valence-corrected chi connectivity index (χ4v) is 4.45. The van der Waals surface area contributed by atoms with Crippen molar-refractivity contribution in [3.8, 4) is 5.75 Å². The van der Waals surface area contributed by atoms with Crippen molar-refractivity contribution in [2.75, 3.05) is 5.75 Å². The molecule has 0 fully saturated rings. The molecular formula is C18H19NO3S2. The number of para-hydroxylation sites is 1. The van der Waals surface area contributed by atoms with Gasteiger partial charge in [-0.25, -0.2) is 0 Å². The number of nitrogens with zero attached hydrogens (tertiary/aromatic N) is 1. The van der Waals surface area contributed by atoms with Gasteiger partial charge in [0.1, 0.15) is 9.94 Å². The van der Waals surface area contributed by atoms with Crippen LogP contribution in [0.5, 0.6) is 5.75 Å². The first-order valence-corrected chi connectivity index (χ1v) is 9.99. The summed E-state index contributed by atoms with van der Waals surface area (Å²) in [6.07, 6.45) is 0. The van der Waals surface area contributed by atoms with Crippen LogP contribution in [-0.4, -0.2) is 24.8 Å². The van der Waals surface area contributed by atoms with Gasteiger partial charge in [-0.15, -0.1) is 11.8 Å². The van der Waals surface area contributed by atoms with E-state index in [1.807, 2.05) is 19.1 Å². The second-order valence-electron chi connectivity index (χ2n) is 6.36. The number of rotatable bonds is 4. The van der Waals surface area contributed by atoms with Gasteiger partial charge in [0.05, 0.1) is 11.1 Å². The van der Waals surface area contributed by atoms with Crippen molar-refractivity contribution in [2.24, 2.45) is 4.99 Å². The van der Waals surface area contributed by atoms with Crippen LogP contribution in [0.3, 0.4) is 0 Å². The van der Waals surface area contributed by atoms with Gasteiger partial charge < -0.3 is 4.18 Å². The number of aliphatic imine (C=N–C) groups is 1. The molecule has 2 aromatic rings. The number of thioether (sulfide) groups is 1. The second-order valence-corrected chi connectivity index (χ2v) is 8.88. The van der Waals surface area contributed by atoms with Crippen LogP contribution in [0.4, 0.5) is 0 Å². The van der Waals surface area contributed by atoms with Crippen molar-refractivity contribution in [3.05, 3.63) is 59.7 Å². The molecule has 1 aliphatic heterocycles. The number of aryl methyl sites for hydroxylation is 1. The molecule has 0 bridgehead atoms. The average molecular weight is 361 g/mol. The molecule has 0 spiro atoms. The molecule has 0 N–H and O–H groups in total. The SMILES string of the molecule is Cc1ccc(S(=O)(=O)Oc2ccccc2C2=NC(C)(C)CS2)cc1. The first kappa shape index (κ1) is 17.0. The highest BCUT2D eigenvalue weighted by molar-refractivity contribution is 8.14. The summed E-state index contributed by atoms with van der Waals surface area (Å²) in [5.41, 5.74) is 1.56. The summed E-state index contributed by atoms with van der Waals surface area (Å²) in [6, 6.07) is 13.7. The molecule has 0 saturated carbocycles. The smallest absolute Gasteiger partial charge is 0.339 e. The van der Waals surface area contributed by atoms with Gasteiger partial charge in [-0.05, 0) is 45.0 Å². The maximum Gasteiger partial charge on any atom is 0.339 e. The first-order valence-electron chi connectivity index (χ1n) is 7.60. The van der Waals surface area contributed by atoms with E-state index < -0.39 is 10.1 Å². The molecule has 6 heteroatoms. The van der Waals surface area contributed by atoms with E-state index in [2.05, 4.69) is 18.8 Å². The molecule has 0 aromatic heterocycles. The Morgan fingerprint density at radius 2 is 1.75 bits per heavy atom. The Hall–Kier alpha value is -1.79. The van der Waals surface area contributed by atoms with Crippen LogP contribution < -0.4 is 4.18 Å². The molecule has 1 heterocycles. The van der Waals surface area contributed by atoms with Crippen molar-refractivity contribution in [1.29, 1.82) is 0 Å². The van der Waals surface area contributed by atoms with Crippen LogP contribution in [0.15, 0.2) is 58.4 Å². The zero-order chi connectivity index (χ0) is 17.4. The van der Waals surface area contributed by atoms with Crippen LogP contribution >= 0.6 is 11.8 Å². The third kappa shape index (κ3) is 3.65. The van der Waals surface area contributed by atoms with Gasteiger partial charge >= 0.3 is 10.1 Å². The summed E-state index contributed by atoms with van der Waals surface area (Å²) in [4.78, 5) is 4.81. The lowest BCUT2D eigenvalue weighted by molar-refractivity contribution is 0.485. The molecule has 0 amide bonds. The Kier molecular flexibility index (Phi) is 4.44. The van der Waals surface area contributed by atoms with E-state index in [1.165, 1.54) is 0 Å². The molecule has 126 valence electrons. The van der Waals surface area contributed by atoms with E-state index >= 15 is 0 Å². The van der Waals surface area contributed by atoms with Gasteiger partial charge in [0.15, 0.2) is 5.75 Å². The molecule has 2 aromatic carbocycles. The van der Waals surface area contributed by atoms with Crippen molar-refractivity contribution in [3.63, 3.8) is 0 Å². The van der Waals surface area contributed by atoms with Gasteiger partial charge in [-0.3, -0.25) is 4.99 Å². The lowest BCUT2D eigenvalue weighted by Gasteiger charge is -2.12. The highest BCUT2D eigenvalue weighted by Crippen LogP contribution is 2.34. The Bertz CT molecular complexity index is 885. The highest BCUT2D eigenvalue weighted by atomic mass is 32.2. The van der Waals surface area contributed by atoms with Crippen LogP contribution in [0.2, 0.25) is 0 Å². The first-order chi connectivity index (χ1) is 11.3. The summed E-state index contributed by atoms with van der Waals surface area (Å²) in [7, 11) is -3.88. The van der Waals surface area contributed by atoms with Crippen LogP contribution in [0.25, 0.3) is 0 Å². The third-order valence-corrected chi connectivity index (χ3v) is 6.28. The Morgan fingerprint density at radius 1 is 1.08 bits per heavy atom. The van der Waals surface area contributed by atoms with Gasteiger partial charge in [0.25, 0.3) is 0 Å². The van der Waals surface area contributed by atoms with E-state index in [4.69, 9.17) is 4.18 Å². The second kappa shape index (κ2) is 6.26. The predicted molar refractivity (Wildman–Crippen MR) is 98.5 cm³/mol. The minimum Gasteiger partial charge on any atom is -0.378 e. The topological polar surface area (TPSA) is 55.7 Å². The lowest BCUT2D eigenvalue weighted by atomic mass is 10.1. The van der Waals surface area contributed by atoms with E-state index in [0.29, 0.717) is 11.3 Å². The molecule has 0 aliphatic carbocycles. The number of hydrogen-bond acceptors (Lipinski definition) is 5. The Morgan fingerprint density at radius 3 is 2.38 bits per heavy atom. The quantitative estimate of drug-likeness (QED) is 0.772. The van der Waals surface area contributed by atoms with Crippen LogP contribution in [0, 0.1) is 6.92 Å². The van der Waals surface area contributed by atoms with Gasteiger partial charge in [0.2, 0.25) is 0 Å². The maximum absolute atomic E-state index is 12.5. The Labute approximate surface area is 147 Å². The van der Waals surface area contributed by atoms with E-state index in [9.17, 15) is 8.42 Å². The molecule has 0 radical (unpaired) electrons. The summed E-state index contributed by atoms with van der Waals surface area (Å²) in [6.45, 7) is 6.02. The summed E-state index contributed by atoms with van der Waals surface area (Å²) < 4.78 is 30.5. The van der Waals surface area contributed by atoms with Crippen LogP contribution in [0.1, 0.15) is 25.0 Å². The molecule has 0 atom stereocenters. The van der Waals surface area contributed by atoms with Crippen LogP contribution in [-0.2, 0) is 10.1 Å². The van der Waals surface area contributed by atoms with Gasteiger partial charge in [-0.1, -0.05) is 29.8 Å². The summed E-state index contributed by atoms with van der Waals surface area (Å²) in [5, 5.41) is 0.815. The highest BCUT2D eigenvalue weighted by Gasteiger charge is 2.28. The molecule has 24 heavy (non-hydrogen) atoms. The summed E-state index contributed by atoms with van der Waals surface area (Å²) >= 11 is 1.62. The fourth-order valence-electron chi connectivity index (χ4n) is 2.31. The number of hydrogen-bond donors (Lipinski definition) is 0. The van der Waals surface area contributed by atoms with E-state index in [0.717, 1.165) is 16.4 Å². The Balaban J connectivity index is 1.95. The minimum absolute atomic E-state index is 0.143. The maximum atomic E-state index is 12.5. The number of benzene rings is 2. The zero-order valence-electron chi connectivity index (χ0n) is 13.8. The monoisotopic (exact) mass is 361 g/mol. The predicted octanol–water partition coefficient (Wildman–Crippen LogP) is 4.03. The van der Waals surface area contributed by atoms with Crippen molar-refractivity contribution >= 4 is 26.9 Å². The average Bonchev–Trinajstić information content (AvgIpc) is 2.88. The van der Waals surface area contributed by atoms with Crippen molar-refractivity contribution in [1.82, 2.24) is 0 Å². The van der Waals surface area contributed by atoms with E-state index in [-0.39, 0.29) is 10.4 Å². The molecule has 4 nitrogen and oxygen atoms in total. The largest absolute Gasteiger partial charge is 0.378 e. The normalized spacial score (nSPS) is 16.7. The molecular weight excluding hydrogens is 342 g/mol. The van der Waals surface area contributed by atoms with Gasteiger partial charge in [0, 0.05) is 5.75 Å². The third-order valence-electron chi connectivity index (χ3n) is 3.59. The van der Waals surface area contributed by atoms with Gasteiger partial charge in [-0.2, -0.15) is 8.42 Å². The molecule has 0 unspecified atom stereocenters. The lowest BCUT2D eigenvalue weighted by Crippen LogP contribution is -2.15.